The van der Waals surface area contributed by atoms with E-state index in [-0.39, 0.29) is 5.69 Å². The fourth-order valence-electron chi connectivity index (χ4n) is 1.30. The fourth-order valence-corrected chi connectivity index (χ4v) is 1.30. The Labute approximate surface area is 91.1 Å². The summed E-state index contributed by atoms with van der Waals surface area (Å²) in [6, 6.07) is 7.15. The lowest BCUT2D eigenvalue weighted by Crippen LogP contribution is -1.98. The van der Waals surface area contributed by atoms with Crippen LogP contribution in [0, 0.1) is 0 Å². The third-order valence-corrected chi connectivity index (χ3v) is 2.04. The van der Waals surface area contributed by atoms with Crippen molar-refractivity contribution in [2.24, 2.45) is 0 Å². The highest BCUT2D eigenvalue weighted by molar-refractivity contribution is 5.84. The number of ether oxygens (including phenoxy) is 1. The maximum absolute atomic E-state index is 10.7. The largest absolute Gasteiger partial charge is 0.494 e. The highest BCUT2D eigenvalue weighted by atomic mass is 16.5. The predicted molar refractivity (Wildman–Crippen MR) is 54.9 cm³/mol. The molecular formula is C10H9N3O3. The second-order valence-corrected chi connectivity index (χ2v) is 3.03. The predicted octanol–water partition coefficient (Wildman–Crippen LogP) is 0.974. The Morgan fingerprint density at radius 2 is 2.19 bits per heavy atom. The van der Waals surface area contributed by atoms with Gasteiger partial charge >= 0.3 is 5.97 Å². The summed E-state index contributed by atoms with van der Waals surface area (Å²) in [4.78, 5) is 10.7. The van der Waals surface area contributed by atoms with Gasteiger partial charge in [-0.1, -0.05) is 17.3 Å². The highest BCUT2D eigenvalue weighted by Crippen LogP contribution is 2.20. The second-order valence-electron chi connectivity index (χ2n) is 3.03. The zero-order valence-corrected chi connectivity index (χ0v) is 8.49. The number of aromatic carboxylic acids is 1. The van der Waals surface area contributed by atoms with E-state index in [1.165, 1.54) is 18.0 Å². The van der Waals surface area contributed by atoms with Crippen LogP contribution in [0.3, 0.4) is 0 Å². The summed E-state index contributed by atoms with van der Waals surface area (Å²) in [7, 11) is 1.54. The van der Waals surface area contributed by atoms with E-state index in [0.29, 0.717) is 11.4 Å². The minimum Gasteiger partial charge on any atom is -0.494 e. The van der Waals surface area contributed by atoms with Crippen LogP contribution in [0.1, 0.15) is 10.5 Å². The van der Waals surface area contributed by atoms with Crippen LogP contribution in [0.25, 0.3) is 5.69 Å². The number of methoxy groups -OCH3 is 1. The lowest BCUT2D eigenvalue weighted by Gasteiger charge is -2.06. The van der Waals surface area contributed by atoms with Crippen LogP contribution in [0.15, 0.2) is 30.5 Å². The van der Waals surface area contributed by atoms with E-state index in [1.807, 2.05) is 6.07 Å². The first-order valence-corrected chi connectivity index (χ1v) is 4.51. The summed E-state index contributed by atoms with van der Waals surface area (Å²) in [6.45, 7) is 0. The first-order valence-electron chi connectivity index (χ1n) is 4.51. The van der Waals surface area contributed by atoms with E-state index >= 15 is 0 Å². The van der Waals surface area contributed by atoms with Crippen LogP contribution in [0.2, 0.25) is 0 Å². The number of nitrogens with zero attached hydrogens (tertiary/aromatic N) is 3. The van der Waals surface area contributed by atoms with Crippen molar-refractivity contribution < 1.29 is 14.6 Å². The van der Waals surface area contributed by atoms with Gasteiger partial charge in [-0.15, -0.1) is 5.10 Å². The van der Waals surface area contributed by atoms with Crippen LogP contribution in [0.4, 0.5) is 0 Å². The van der Waals surface area contributed by atoms with Gasteiger partial charge in [-0.3, -0.25) is 0 Å². The van der Waals surface area contributed by atoms with E-state index in [9.17, 15) is 4.79 Å². The van der Waals surface area contributed by atoms with Gasteiger partial charge in [0.2, 0.25) is 0 Å². The monoisotopic (exact) mass is 219 g/mol. The molecule has 2 rings (SSSR count). The normalized spacial score (nSPS) is 10.1. The zero-order chi connectivity index (χ0) is 11.5. The molecule has 0 aliphatic heterocycles. The average Bonchev–Trinajstić information content (AvgIpc) is 2.78. The SMILES string of the molecule is COc1ccccc1-n1cc(C(=O)O)nn1. The molecule has 1 N–H and O–H groups in total. The smallest absolute Gasteiger partial charge is 0.358 e. The number of hydrogen-bond donors (Lipinski definition) is 1. The molecule has 0 saturated carbocycles. The molecule has 0 fully saturated rings. The van der Waals surface area contributed by atoms with Crippen molar-refractivity contribution in [3.05, 3.63) is 36.2 Å². The number of para-hydroxylation sites is 2. The summed E-state index contributed by atoms with van der Waals surface area (Å²) in [6.07, 6.45) is 1.33. The Hall–Kier alpha value is -2.37. The van der Waals surface area contributed by atoms with E-state index in [4.69, 9.17) is 9.84 Å². The van der Waals surface area contributed by atoms with Crippen LogP contribution < -0.4 is 4.74 Å². The number of benzene rings is 1. The van der Waals surface area contributed by atoms with Crippen molar-refractivity contribution in [2.45, 2.75) is 0 Å². The lowest BCUT2D eigenvalue weighted by molar-refractivity contribution is 0.0690. The number of carboxylic acid groups (broad SMARTS) is 1. The van der Waals surface area contributed by atoms with Gasteiger partial charge in [-0.25, -0.2) is 9.48 Å². The third kappa shape index (κ3) is 1.72. The van der Waals surface area contributed by atoms with Gasteiger partial charge in [0.15, 0.2) is 5.69 Å². The van der Waals surface area contributed by atoms with Gasteiger partial charge in [-0.05, 0) is 12.1 Å². The minimum atomic E-state index is -1.11. The molecule has 0 atom stereocenters. The maximum atomic E-state index is 10.7. The summed E-state index contributed by atoms with van der Waals surface area (Å²) < 4.78 is 6.50. The topological polar surface area (TPSA) is 77.2 Å². The molecule has 0 spiro atoms. The Bertz CT molecular complexity index is 522. The van der Waals surface area contributed by atoms with E-state index in [2.05, 4.69) is 10.3 Å². The molecule has 0 aliphatic rings. The second kappa shape index (κ2) is 4.01. The van der Waals surface area contributed by atoms with Crippen LogP contribution in [-0.4, -0.2) is 33.2 Å². The van der Waals surface area contributed by atoms with Gasteiger partial charge in [-0.2, -0.15) is 0 Å². The Morgan fingerprint density at radius 1 is 1.44 bits per heavy atom. The molecule has 0 aliphatic carbocycles. The summed E-state index contributed by atoms with van der Waals surface area (Å²) in [5.41, 5.74) is 0.538. The Balaban J connectivity index is 2.46. The molecule has 0 unspecified atom stereocenters. The number of carbonyl (C=O) groups is 1. The molecule has 6 nitrogen and oxygen atoms in total. The summed E-state index contributed by atoms with van der Waals surface area (Å²) >= 11 is 0. The molecule has 82 valence electrons. The molecule has 6 heteroatoms. The first kappa shape index (κ1) is 10.2. The van der Waals surface area contributed by atoms with Gasteiger partial charge in [0.05, 0.1) is 13.3 Å². The van der Waals surface area contributed by atoms with E-state index < -0.39 is 5.97 Å². The number of aromatic nitrogens is 3. The van der Waals surface area contributed by atoms with Crippen molar-refractivity contribution >= 4 is 5.97 Å². The molecule has 2 aromatic rings. The van der Waals surface area contributed by atoms with Gasteiger partial charge in [0.25, 0.3) is 0 Å². The van der Waals surface area contributed by atoms with E-state index in [0.717, 1.165) is 0 Å². The van der Waals surface area contributed by atoms with Crippen molar-refractivity contribution in [1.29, 1.82) is 0 Å². The highest BCUT2D eigenvalue weighted by Gasteiger charge is 2.11. The van der Waals surface area contributed by atoms with Crippen molar-refractivity contribution in [3.8, 4) is 11.4 Å². The molecule has 0 bridgehead atoms. The lowest BCUT2D eigenvalue weighted by atomic mass is 10.3. The average molecular weight is 219 g/mol. The standard InChI is InChI=1S/C10H9N3O3/c1-16-9-5-3-2-4-8(9)13-6-7(10(14)15)11-12-13/h2-6H,1H3,(H,14,15). The molecule has 1 heterocycles. The molecule has 0 amide bonds. The molecule has 0 radical (unpaired) electrons. The number of carboxylic acids is 1. The van der Waals surface area contributed by atoms with Crippen LogP contribution in [0.5, 0.6) is 5.75 Å². The fraction of sp³-hybridized carbons (Fsp3) is 0.100. The van der Waals surface area contributed by atoms with Crippen molar-refractivity contribution in [3.63, 3.8) is 0 Å². The molecule has 16 heavy (non-hydrogen) atoms. The quantitative estimate of drug-likeness (QED) is 0.832. The molecule has 1 aromatic heterocycles. The zero-order valence-electron chi connectivity index (χ0n) is 8.49. The van der Waals surface area contributed by atoms with Crippen molar-refractivity contribution in [2.75, 3.05) is 7.11 Å². The third-order valence-electron chi connectivity index (χ3n) is 2.04. The number of rotatable bonds is 3. The van der Waals surface area contributed by atoms with Gasteiger partial charge in [0.1, 0.15) is 11.4 Å². The molecule has 0 saturated heterocycles. The molecule has 1 aromatic carbocycles. The summed E-state index contributed by atoms with van der Waals surface area (Å²) in [5.74, 6) is -0.509. The summed E-state index contributed by atoms with van der Waals surface area (Å²) in [5, 5.41) is 16.0. The first-order chi connectivity index (χ1) is 7.72. The van der Waals surface area contributed by atoms with Gasteiger partial charge < -0.3 is 9.84 Å². The van der Waals surface area contributed by atoms with Crippen LogP contribution >= 0.6 is 0 Å². The van der Waals surface area contributed by atoms with Crippen LogP contribution in [-0.2, 0) is 0 Å². The Morgan fingerprint density at radius 3 is 2.81 bits per heavy atom. The number of hydrogen-bond acceptors (Lipinski definition) is 4. The molecular weight excluding hydrogens is 210 g/mol. The Kier molecular flexibility index (Phi) is 2.55. The van der Waals surface area contributed by atoms with E-state index in [1.54, 1.807) is 18.2 Å². The minimum absolute atomic E-state index is 0.106. The maximum Gasteiger partial charge on any atom is 0.358 e. The van der Waals surface area contributed by atoms with Gasteiger partial charge in [0, 0.05) is 0 Å². The van der Waals surface area contributed by atoms with Crippen molar-refractivity contribution in [1.82, 2.24) is 15.0 Å².